The number of rotatable bonds is 11. The van der Waals surface area contributed by atoms with Crippen LogP contribution in [0.15, 0.2) is 24.8 Å². The summed E-state index contributed by atoms with van der Waals surface area (Å²) in [5, 5.41) is 19.4. The summed E-state index contributed by atoms with van der Waals surface area (Å²) in [6.45, 7) is 10.7. The molecule has 0 radical (unpaired) electrons. The van der Waals surface area contributed by atoms with Gasteiger partial charge in [0.2, 0.25) is 0 Å². The molecule has 0 aromatic carbocycles. The van der Waals surface area contributed by atoms with Crippen LogP contribution >= 0.6 is 0 Å². The predicted octanol–water partition coefficient (Wildman–Crippen LogP) is 6.46. The fraction of sp³-hybridized carbons (Fsp3) is 0.643. The van der Waals surface area contributed by atoms with Gasteiger partial charge in [-0.05, 0) is 49.6 Å². The standard InChI is InChI=1S/C28H41N7OSi/c1-20-15-22(16-20)32-27-24(17-35(33-27)25(9-11-29)21-7-5-6-8-21)26-23-10-12-34(28(23)31-18-30-26)19-36-13-14-37(2,3)4/h10,12,17-18,20-22,25H,5-9,13-16,19H2,1-4H3,(H,32,33). The molecule has 9 heteroatoms. The fourth-order valence-electron chi connectivity index (χ4n) is 5.83. The monoisotopic (exact) mass is 519 g/mol. The van der Waals surface area contributed by atoms with Gasteiger partial charge in [-0.3, -0.25) is 4.68 Å². The van der Waals surface area contributed by atoms with Gasteiger partial charge < -0.3 is 14.6 Å². The molecule has 1 atom stereocenters. The van der Waals surface area contributed by atoms with Gasteiger partial charge in [0.05, 0.1) is 29.8 Å². The summed E-state index contributed by atoms with van der Waals surface area (Å²) in [7, 11) is -1.13. The molecule has 0 amide bonds. The maximum atomic E-state index is 9.61. The van der Waals surface area contributed by atoms with Crippen LogP contribution in [-0.4, -0.2) is 45.0 Å². The van der Waals surface area contributed by atoms with E-state index in [2.05, 4.69) is 64.4 Å². The van der Waals surface area contributed by atoms with Gasteiger partial charge in [-0.15, -0.1) is 0 Å². The first-order valence-electron chi connectivity index (χ1n) is 13.9. The molecule has 1 unspecified atom stereocenters. The smallest absolute Gasteiger partial charge is 0.157 e. The van der Waals surface area contributed by atoms with Gasteiger partial charge in [-0.2, -0.15) is 10.4 Å². The van der Waals surface area contributed by atoms with Gasteiger partial charge in [0.25, 0.3) is 0 Å². The quantitative estimate of drug-likeness (QED) is 0.231. The van der Waals surface area contributed by atoms with Crippen molar-refractivity contribution in [1.29, 1.82) is 5.26 Å². The van der Waals surface area contributed by atoms with E-state index < -0.39 is 8.07 Å². The average Bonchev–Trinajstić information content (AvgIpc) is 3.59. The van der Waals surface area contributed by atoms with Crippen LogP contribution in [0, 0.1) is 23.2 Å². The highest BCUT2D eigenvalue weighted by atomic mass is 28.3. The van der Waals surface area contributed by atoms with E-state index in [1.165, 1.54) is 25.7 Å². The Balaban J connectivity index is 1.46. The van der Waals surface area contributed by atoms with Crippen molar-refractivity contribution in [3.8, 4) is 17.3 Å². The Morgan fingerprint density at radius 1 is 1.22 bits per heavy atom. The molecule has 8 nitrogen and oxygen atoms in total. The van der Waals surface area contributed by atoms with Gasteiger partial charge in [0.15, 0.2) is 5.82 Å². The molecule has 3 aromatic rings. The van der Waals surface area contributed by atoms with Crippen LogP contribution in [0.1, 0.15) is 57.9 Å². The van der Waals surface area contributed by atoms with Gasteiger partial charge in [-0.25, -0.2) is 9.97 Å². The lowest BCUT2D eigenvalue weighted by Gasteiger charge is -2.33. The van der Waals surface area contributed by atoms with Crippen molar-refractivity contribution < 1.29 is 4.74 Å². The molecule has 2 aliphatic rings. The van der Waals surface area contributed by atoms with Crippen LogP contribution in [0.4, 0.5) is 5.82 Å². The Morgan fingerprint density at radius 3 is 2.70 bits per heavy atom. The summed E-state index contributed by atoms with van der Waals surface area (Å²) >= 11 is 0. The molecular weight excluding hydrogens is 478 g/mol. The van der Waals surface area contributed by atoms with Crippen LogP contribution in [0.5, 0.6) is 0 Å². The molecule has 1 N–H and O–H groups in total. The van der Waals surface area contributed by atoms with Crippen molar-refractivity contribution >= 4 is 24.9 Å². The molecule has 2 saturated carbocycles. The van der Waals surface area contributed by atoms with E-state index in [1.54, 1.807) is 6.33 Å². The Bertz CT molecular complexity index is 1240. The Kier molecular flexibility index (Phi) is 7.68. The molecule has 0 saturated heterocycles. The lowest BCUT2D eigenvalue weighted by atomic mass is 9.82. The zero-order valence-electron chi connectivity index (χ0n) is 22.8. The Labute approximate surface area is 221 Å². The normalized spacial score (nSPS) is 21.2. The highest BCUT2D eigenvalue weighted by Gasteiger charge is 2.31. The number of nitriles is 1. The fourth-order valence-corrected chi connectivity index (χ4v) is 6.59. The molecule has 37 heavy (non-hydrogen) atoms. The second-order valence-corrected chi connectivity index (χ2v) is 18.0. The van der Waals surface area contributed by atoms with Crippen LogP contribution in [0.25, 0.3) is 22.3 Å². The van der Waals surface area contributed by atoms with Crippen molar-refractivity contribution in [2.45, 2.75) is 96.4 Å². The molecule has 3 heterocycles. The second kappa shape index (κ2) is 11.0. The van der Waals surface area contributed by atoms with E-state index >= 15 is 0 Å². The number of anilines is 1. The topological polar surface area (TPSA) is 93.6 Å². The summed E-state index contributed by atoms with van der Waals surface area (Å²) < 4.78 is 10.1. The number of aromatic nitrogens is 5. The van der Waals surface area contributed by atoms with Crippen molar-refractivity contribution in [2.75, 3.05) is 11.9 Å². The number of hydrogen-bond acceptors (Lipinski definition) is 6. The predicted molar refractivity (Wildman–Crippen MR) is 150 cm³/mol. The minimum Gasteiger partial charge on any atom is -0.365 e. The van der Waals surface area contributed by atoms with Crippen LogP contribution < -0.4 is 5.32 Å². The molecule has 198 valence electrons. The summed E-state index contributed by atoms with van der Waals surface area (Å²) in [6.07, 6.45) is 13.4. The molecule has 0 aliphatic heterocycles. The van der Waals surface area contributed by atoms with Crippen LogP contribution in [0.3, 0.4) is 0 Å². The average molecular weight is 520 g/mol. The van der Waals surface area contributed by atoms with E-state index in [0.29, 0.717) is 25.1 Å². The number of nitrogens with zero attached hydrogens (tertiary/aromatic N) is 6. The van der Waals surface area contributed by atoms with Crippen LogP contribution in [0.2, 0.25) is 25.7 Å². The van der Waals surface area contributed by atoms with E-state index in [-0.39, 0.29) is 6.04 Å². The number of fused-ring (bicyclic) bond motifs is 1. The van der Waals surface area contributed by atoms with Crippen molar-refractivity contribution in [3.63, 3.8) is 0 Å². The first kappa shape index (κ1) is 25.9. The lowest BCUT2D eigenvalue weighted by molar-refractivity contribution is 0.0899. The minimum atomic E-state index is -1.13. The zero-order chi connectivity index (χ0) is 26.0. The summed E-state index contributed by atoms with van der Waals surface area (Å²) in [4.78, 5) is 9.35. The second-order valence-electron chi connectivity index (χ2n) is 12.4. The summed E-state index contributed by atoms with van der Waals surface area (Å²) in [5.74, 6) is 2.12. The molecule has 2 aliphatic carbocycles. The molecule has 5 rings (SSSR count). The lowest BCUT2D eigenvalue weighted by Crippen LogP contribution is -2.34. The molecule has 3 aromatic heterocycles. The number of hydrogen-bond donors (Lipinski definition) is 1. The third-order valence-corrected chi connectivity index (χ3v) is 9.77. The highest BCUT2D eigenvalue weighted by molar-refractivity contribution is 6.76. The first-order valence-corrected chi connectivity index (χ1v) is 17.6. The Hall–Kier alpha value is -2.70. The number of ether oxygens (including phenoxy) is 1. The SMILES string of the molecule is CC1CC(Nc2nn(C(CC#N)C3CCCC3)cc2-c2ncnc3c2ccn3COCC[Si](C)(C)C)C1. The van der Waals surface area contributed by atoms with Gasteiger partial charge in [-0.1, -0.05) is 39.4 Å². The first-order chi connectivity index (χ1) is 17.8. The zero-order valence-corrected chi connectivity index (χ0v) is 23.8. The number of nitrogens with one attached hydrogen (secondary N) is 1. The maximum absolute atomic E-state index is 9.61. The van der Waals surface area contributed by atoms with Gasteiger partial charge >= 0.3 is 0 Å². The van der Waals surface area contributed by atoms with E-state index in [0.717, 1.165) is 59.5 Å². The Morgan fingerprint density at radius 2 is 2.00 bits per heavy atom. The molecule has 2 fully saturated rings. The largest absolute Gasteiger partial charge is 0.365 e. The van der Waals surface area contributed by atoms with Crippen molar-refractivity contribution in [3.05, 3.63) is 24.8 Å². The van der Waals surface area contributed by atoms with E-state index in [9.17, 15) is 5.26 Å². The minimum absolute atomic E-state index is 0.101. The van der Waals surface area contributed by atoms with Crippen molar-refractivity contribution in [1.82, 2.24) is 24.3 Å². The maximum Gasteiger partial charge on any atom is 0.157 e. The summed E-state index contributed by atoms with van der Waals surface area (Å²) in [6, 6.07) is 6.19. The third kappa shape index (κ3) is 5.91. The van der Waals surface area contributed by atoms with E-state index in [1.807, 2.05) is 6.20 Å². The molecular formula is C28H41N7OSi. The third-order valence-electron chi connectivity index (χ3n) is 8.07. The van der Waals surface area contributed by atoms with Gasteiger partial charge in [0, 0.05) is 38.5 Å². The van der Waals surface area contributed by atoms with Gasteiger partial charge in [0.1, 0.15) is 18.7 Å². The van der Waals surface area contributed by atoms with E-state index in [4.69, 9.17) is 14.8 Å². The highest BCUT2D eigenvalue weighted by Crippen LogP contribution is 2.40. The van der Waals surface area contributed by atoms with Crippen LogP contribution in [-0.2, 0) is 11.5 Å². The molecule has 0 spiro atoms. The molecule has 0 bridgehead atoms. The summed E-state index contributed by atoms with van der Waals surface area (Å²) in [5.41, 5.74) is 2.75. The van der Waals surface area contributed by atoms with Crippen molar-refractivity contribution in [2.24, 2.45) is 11.8 Å².